The molecule has 0 heterocycles. The molecule has 0 radical (unpaired) electrons. The first-order chi connectivity index (χ1) is 8.47. The van der Waals surface area contributed by atoms with Gasteiger partial charge in [0.1, 0.15) is 11.5 Å². The first-order valence-electron chi connectivity index (χ1n) is 6.31. The molecular formula is C15H23NO2. The Kier molecular flexibility index (Phi) is 5.35. The van der Waals surface area contributed by atoms with E-state index in [4.69, 9.17) is 4.74 Å². The van der Waals surface area contributed by atoms with Gasteiger partial charge >= 0.3 is 0 Å². The van der Waals surface area contributed by atoms with Crippen LogP contribution in [0.4, 0.5) is 0 Å². The zero-order chi connectivity index (χ0) is 13.7. The van der Waals surface area contributed by atoms with E-state index in [1.54, 1.807) is 14.0 Å². The maximum atomic E-state index is 10.9. The summed E-state index contributed by atoms with van der Waals surface area (Å²) in [6, 6.07) is 2.15. The third-order valence-electron chi connectivity index (χ3n) is 3.31. The van der Waals surface area contributed by atoms with Gasteiger partial charge < -0.3 is 10.1 Å². The van der Waals surface area contributed by atoms with Crippen LogP contribution in [0.5, 0.6) is 5.75 Å². The number of aryl methyl sites for hydroxylation is 1. The Morgan fingerprint density at radius 3 is 2.50 bits per heavy atom. The number of carbonyl (C=O) groups is 1. The monoisotopic (exact) mass is 249 g/mol. The summed E-state index contributed by atoms with van der Waals surface area (Å²) < 4.78 is 5.40. The second-order valence-electron chi connectivity index (χ2n) is 4.76. The van der Waals surface area contributed by atoms with Crippen LogP contribution < -0.4 is 10.1 Å². The Morgan fingerprint density at radius 2 is 1.94 bits per heavy atom. The van der Waals surface area contributed by atoms with E-state index in [0.29, 0.717) is 6.42 Å². The Balaban J connectivity index is 2.75. The molecule has 0 atom stereocenters. The van der Waals surface area contributed by atoms with Crippen LogP contribution in [0, 0.1) is 20.8 Å². The van der Waals surface area contributed by atoms with Gasteiger partial charge in [-0.1, -0.05) is 6.07 Å². The fourth-order valence-corrected chi connectivity index (χ4v) is 2.13. The summed E-state index contributed by atoms with van der Waals surface area (Å²) in [6.07, 6.45) is 0.590. The molecule has 0 aliphatic rings. The first kappa shape index (κ1) is 14.7. The average molecular weight is 249 g/mol. The second-order valence-corrected chi connectivity index (χ2v) is 4.76. The standard InChI is InChI=1S/C15H23NO2/c1-10-8-14(9-16-7-6-11(2)17)12(3)13(4)15(10)18-5/h8,16H,6-7,9H2,1-5H3. The van der Waals surface area contributed by atoms with Gasteiger partial charge in [-0.25, -0.2) is 0 Å². The van der Waals surface area contributed by atoms with Gasteiger partial charge in [0.05, 0.1) is 7.11 Å². The number of carbonyl (C=O) groups excluding carboxylic acids is 1. The highest BCUT2D eigenvalue weighted by molar-refractivity contribution is 5.75. The van der Waals surface area contributed by atoms with E-state index in [-0.39, 0.29) is 5.78 Å². The minimum atomic E-state index is 0.223. The quantitative estimate of drug-likeness (QED) is 0.788. The van der Waals surface area contributed by atoms with E-state index >= 15 is 0 Å². The van der Waals surface area contributed by atoms with Gasteiger partial charge in [0, 0.05) is 19.5 Å². The van der Waals surface area contributed by atoms with Crippen LogP contribution in [0.15, 0.2) is 6.07 Å². The van der Waals surface area contributed by atoms with Gasteiger partial charge in [-0.3, -0.25) is 4.79 Å². The van der Waals surface area contributed by atoms with Crippen molar-refractivity contribution in [3.63, 3.8) is 0 Å². The number of ketones is 1. The van der Waals surface area contributed by atoms with Crippen molar-refractivity contribution in [2.45, 2.75) is 40.7 Å². The van der Waals surface area contributed by atoms with Gasteiger partial charge in [0.15, 0.2) is 0 Å². The highest BCUT2D eigenvalue weighted by atomic mass is 16.5. The predicted octanol–water partition coefficient (Wildman–Crippen LogP) is 2.69. The normalized spacial score (nSPS) is 10.5. The summed E-state index contributed by atoms with van der Waals surface area (Å²) in [7, 11) is 1.71. The fourth-order valence-electron chi connectivity index (χ4n) is 2.13. The van der Waals surface area contributed by atoms with Crippen molar-refractivity contribution in [2.24, 2.45) is 0 Å². The van der Waals surface area contributed by atoms with Crippen LogP contribution in [-0.2, 0) is 11.3 Å². The number of hydrogen-bond acceptors (Lipinski definition) is 3. The van der Waals surface area contributed by atoms with Crippen LogP contribution in [0.2, 0.25) is 0 Å². The molecular weight excluding hydrogens is 226 g/mol. The van der Waals surface area contributed by atoms with Crippen molar-refractivity contribution < 1.29 is 9.53 Å². The Morgan fingerprint density at radius 1 is 1.28 bits per heavy atom. The summed E-state index contributed by atoms with van der Waals surface area (Å²) in [4.78, 5) is 10.9. The molecule has 1 N–H and O–H groups in total. The van der Waals surface area contributed by atoms with Crippen molar-refractivity contribution in [1.29, 1.82) is 0 Å². The lowest BCUT2D eigenvalue weighted by Crippen LogP contribution is -2.18. The summed E-state index contributed by atoms with van der Waals surface area (Å²) >= 11 is 0. The molecule has 3 heteroatoms. The first-order valence-corrected chi connectivity index (χ1v) is 6.31. The average Bonchev–Trinajstić information content (AvgIpc) is 2.31. The van der Waals surface area contributed by atoms with E-state index in [1.165, 1.54) is 16.7 Å². The zero-order valence-corrected chi connectivity index (χ0v) is 12.0. The number of ether oxygens (including phenoxy) is 1. The third-order valence-corrected chi connectivity index (χ3v) is 3.31. The van der Waals surface area contributed by atoms with Gasteiger partial charge in [-0.2, -0.15) is 0 Å². The van der Waals surface area contributed by atoms with Crippen molar-refractivity contribution >= 4 is 5.78 Å². The van der Waals surface area contributed by atoms with Gasteiger partial charge in [0.2, 0.25) is 0 Å². The van der Waals surface area contributed by atoms with Crippen LogP contribution in [0.1, 0.15) is 35.6 Å². The molecule has 0 saturated carbocycles. The summed E-state index contributed by atoms with van der Waals surface area (Å²) in [5, 5.41) is 3.30. The highest BCUT2D eigenvalue weighted by Gasteiger charge is 2.10. The van der Waals surface area contributed by atoms with E-state index in [1.807, 2.05) is 0 Å². The molecule has 100 valence electrons. The minimum Gasteiger partial charge on any atom is -0.496 e. The smallest absolute Gasteiger partial charge is 0.131 e. The molecule has 1 rings (SSSR count). The molecule has 0 spiro atoms. The van der Waals surface area contributed by atoms with Crippen LogP contribution in [-0.4, -0.2) is 19.4 Å². The van der Waals surface area contributed by atoms with Gasteiger partial charge in [-0.15, -0.1) is 0 Å². The molecule has 1 aromatic carbocycles. The molecule has 0 amide bonds. The number of Topliss-reactive ketones (excluding diaryl/α,β-unsaturated/α-hetero) is 1. The maximum absolute atomic E-state index is 10.9. The molecule has 0 aliphatic carbocycles. The molecule has 0 aliphatic heterocycles. The van der Waals surface area contributed by atoms with E-state index in [2.05, 4.69) is 32.2 Å². The van der Waals surface area contributed by atoms with Crippen molar-refractivity contribution in [2.75, 3.05) is 13.7 Å². The summed E-state index contributed by atoms with van der Waals surface area (Å²) in [6.45, 7) is 9.40. The molecule has 1 aromatic rings. The lowest BCUT2D eigenvalue weighted by Gasteiger charge is -2.16. The minimum absolute atomic E-state index is 0.223. The summed E-state index contributed by atoms with van der Waals surface area (Å²) in [5.41, 5.74) is 4.88. The molecule has 0 saturated heterocycles. The summed E-state index contributed by atoms with van der Waals surface area (Å²) in [5.74, 6) is 1.20. The lowest BCUT2D eigenvalue weighted by atomic mass is 9.98. The number of methoxy groups -OCH3 is 1. The molecule has 0 fully saturated rings. The van der Waals surface area contributed by atoms with Crippen molar-refractivity contribution in [1.82, 2.24) is 5.32 Å². The van der Waals surface area contributed by atoms with Crippen LogP contribution in [0.25, 0.3) is 0 Å². The number of hydrogen-bond donors (Lipinski definition) is 1. The predicted molar refractivity (Wildman–Crippen MR) is 74.2 cm³/mol. The van der Waals surface area contributed by atoms with Crippen molar-refractivity contribution in [3.8, 4) is 5.75 Å². The van der Waals surface area contributed by atoms with E-state index in [9.17, 15) is 4.79 Å². The van der Waals surface area contributed by atoms with Crippen LogP contribution >= 0.6 is 0 Å². The molecule has 0 bridgehead atoms. The van der Waals surface area contributed by atoms with Gasteiger partial charge in [-0.05, 0) is 49.9 Å². The Hall–Kier alpha value is -1.35. The number of benzene rings is 1. The highest BCUT2D eigenvalue weighted by Crippen LogP contribution is 2.28. The number of rotatable bonds is 6. The van der Waals surface area contributed by atoms with E-state index in [0.717, 1.165) is 24.4 Å². The third kappa shape index (κ3) is 3.57. The van der Waals surface area contributed by atoms with Crippen molar-refractivity contribution in [3.05, 3.63) is 28.3 Å². The zero-order valence-electron chi connectivity index (χ0n) is 12.0. The molecule has 18 heavy (non-hydrogen) atoms. The molecule has 3 nitrogen and oxygen atoms in total. The second kappa shape index (κ2) is 6.55. The fraction of sp³-hybridized carbons (Fsp3) is 0.533. The Bertz CT molecular complexity index is 439. The van der Waals surface area contributed by atoms with Crippen LogP contribution in [0.3, 0.4) is 0 Å². The Labute approximate surface area is 110 Å². The molecule has 0 aromatic heterocycles. The SMILES string of the molecule is COc1c(C)cc(CNCCC(C)=O)c(C)c1C. The number of nitrogens with one attached hydrogen (secondary N) is 1. The topological polar surface area (TPSA) is 38.3 Å². The van der Waals surface area contributed by atoms with E-state index < -0.39 is 0 Å². The molecule has 0 unspecified atom stereocenters. The largest absolute Gasteiger partial charge is 0.496 e. The maximum Gasteiger partial charge on any atom is 0.131 e. The van der Waals surface area contributed by atoms with Gasteiger partial charge in [0.25, 0.3) is 0 Å². The lowest BCUT2D eigenvalue weighted by molar-refractivity contribution is -0.116.